The van der Waals surface area contributed by atoms with E-state index in [1.165, 1.54) is 24.3 Å². The molecule has 1 fully saturated rings. The number of hydrogen-bond donors (Lipinski definition) is 1. The topological polar surface area (TPSA) is 90.9 Å². The number of hydrogen-bond acceptors (Lipinski definition) is 6. The third-order valence-electron chi connectivity index (χ3n) is 4.58. The highest BCUT2D eigenvalue weighted by Crippen LogP contribution is 2.37. The van der Waals surface area contributed by atoms with Crippen LogP contribution in [0.4, 0.5) is 10.1 Å². The first kappa shape index (κ1) is 19.8. The zero-order valence-electron chi connectivity index (χ0n) is 15.2. The van der Waals surface area contributed by atoms with Gasteiger partial charge < -0.3 is 14.2 Å². The van der Waals surface area contributed by atoms with Crippen molar-refractivity contribution in [1.29, 1.82) is 0 Å². The highest BCUT2D eigenvalue weighted by Gasteiger charge is 2.46. The number of rotatable bonds is 5. The maximum Gasteiger partial charge on any atom is 0.335 e. The lowest BCUT2D eigenvalue weighted by molar-refractivity contribution is -0.143. The maximum absolute atomic E-state index is 13.3. The van der Waals surface area contributed by atoms with Gasteiger partial charge in [0.15, 0.2) is 5.79 Å². The number of anilines is 1. The van der Waals surface area contributed by atoms with Crippen LogP contribution < -0.4 is 4.72 Å². The van der Waals surface area contributed by atoms with E-state index in [2.05, 4.69) is 4.72 Å². The lowest BCUT2D eigenvalue weighted by Crippen LogP contribution is -2.42. The Labute approximate surface area is 157 Å². The molecular weight excluding hydrogens is 377 g/mol. The van der Waals surface area contributed by atoms with E-state index in [0.29, 0.717) is 25.2 Å². The van der Waals surface area contributed by atoms with Crippen molar-refractivity contribution in [3.8, 4) is 0 Å². The Morgan fingerprint density at radius 2 is 2.07 bits per heavy atom. The third-order valence-corrected chi connectivity index (χ3v) is 6.32. The molecule has 1 unspecified atom stereocenters. The molecule has 27 heavy (non-hydrogen) atoms. The monoisotopic (exact) mass is 399 g/mol. The Kier molecular flexibility index (Phi) is 5.55. The molecule has 1 aliphatic heterocycles. The highest BCUT2D eigenvalue weighted by molar-refractivity contribution is 7.93. The largest absolute Gasteiger partial charge is 0.463 e. The first-order valence-electron chi connectivity index (χ1n) is 8.72. The van der Waals surface area contributed by atoms with Crippen LogP contribution in [0.3, 0.4) is 0 Å². The number of sulfonamides is 1. The minimum absolute atomic E-state index is 0.0164. The molecule has 1 aromatic rings. The molecule has 148 valence electrons. The molecule has 9 heteroatoms. The van der Waals surface area contributed by atoms with E-state index in [1.807, 2.05) is 0 Å². The van der Waals surface area contributed by atoms with Gasteiger partial charge >= 0.3 is 5.97 Å². The average Bonchev–Trinajstić information content (AvgIpc) is 3.05. The lowest BCUT2D eigenvalue weighted by atomic mass is 9.94. The van der Waals surface area contributed by atoms with Crippen molar-refractivity contribution in [2.75, 3.05) is 24.5 Å². The molecule has 1 aromatic carbocycles. The van der Waals surface area contributed by atoms with E-state index in [4.69, 9.17) is 14.2 Å². The number of carbonyl (C=O) groups is 1. The minimum atomic E-state index is -3.98. The Morgan fingerprint density at radius 3 is 2.70 bits per heavy atom. The van der Waals surface area contributed by atoms with E-state index >= 15 is 0 Å². The summed E-state index contributed by atoms with van der Waals surface area (Å²) in [6.07, 6.45) is 1.84. The van der Waals surface area contributed by atoms with Gasteiger partial charge in [-0.2, -0.15) is 0 Å². The van der Waals surface area contributed by atoms with Gasteiger partial charge in [0.25, 0.3) is 0 Å². The number of benzene rings is 1. The fourth-order valence-corrected chi connectivity index (χ4v) is 4.89. The molecule has 1 saturated heterocycles. The summed E-state index contributed by atoms with van der Waals surface area (Å²) < 4.78 is 57.9. The van der Waals surface area contributed by atoms with Gasteiger partial charge in [-0.15, -0.1) is 0 Å². The van der Waals surface area contributed by atoms with Crippen molar-refractivity contribution in [1.82, 2.24) is 0 Å². The smallest absolute Gasteiger partial charge is 0.335 e. The van der Waals surface area contributed by atoms with Crippen molar-refractivity contribution in [2.45, 2.75) is 37.7 Å². The molecule has 1 heterocycles. The standard InChI is InChI=1S/C18H22FNO6S/c1-3-24-17(21)14-11-18(25-8-9-26-18)7-6-16(14)27(22,23)20-15-5-4-13(19)10-12(15)2/h4-5,10-11,16,20H,3,6-9H2,1-2H3. The summed E-state index contributed by atoms with van der Waals surface area (Å²) >= 11 is 0. The predicted molar refractivity (Wildman–Crippen MR) is 96.1 cm³/mol. The molecule has 3 rings (SSSR count). The second-order valence-electron chi connectivity index (χ2n) is 6.46. The summed E-state index contributed by atoms with van der Waals surface area (Å²) in [6, 6.07) is 3.75. The van der Waals surface area contributed by atoms with Crippen LogP contribution in [-0.4, -0.2) is 45.2 Å². The summed E-state index contributed by atoms with van der Waals surface area (Å²) in [5.41, 5.74) is 0.681. The fourth-order valence-electron chi connectivity index (χ4n) is 3.28. The molecule has 1 aliphatic carbocycles. The number of nitrogens with one attached hydrogen (secondary N) is 1. The first-order chi connectivity index (χ1) is 12.8. The van der Waals surface area contributed by atoms with Gasteiger partial charge in [0, 0.05) is 6.42 Å². The molecule has 0 amide bonds. The normalized spacial score (nSPS) is 21.7. The van der Waals surface area contributed by atoms with Crippen LogP contribution >= 0.6 is 0 Å². The second kappa shape index (κ2) is 7.57. The SMILES string of the molecule is CCOC(=O)C1=CC2(CCC1S(=O)(=O)Nc1ccc(F)cc1C)OCCO2. The van der Waals surface area contributed by atoms with E-state index in [0.717, 1.165) is 0 Å². The molecule has 0 aromatic heterocycles. The van der Waals surface area contributed by atoms with Crippen LogP contribution in [0.15, 0.2) is 29.8 Å². The second-order valence-corrected chi connectivity index (χ2v) is 8.33. The molecule has 0 bridgehead atoms. The van der Waals surface area contributed by atoms with Crippen molar-refractivity contribution < 1.29 is 31.8 Å². The van der Waals surface area contributed by atoms with E-state index < -0.39 is 32.8 Å². The Balaban J connectivity index is 1.93. The van der Waals surface area contributed by atoms with E-state index in [9.17, 15) is 17.6 Å². The summed E-state index contributed by atoms with van der Waals surface area (Å²) in [4.78, 5) is 12.4. The van der Waals surface area contributed by atoms with Crippen molar-refractivity contribution in [3.05, 3.63) is 41.2 Å². The molecule has 1 N–H and O–H groups in total. The van der Waals surface area contributed by atoms with Crippen molar-refractivity contribution >= 4 is 21.7 Å². The van der Waals surface area contributed by atoms with E-state index in [-0.39, 0.29) is 24.3 Å². The number of carbonyl (C=O) groups excluding carboxylic acids is 1. The van der Waals surface area contributed by atoms with Gasteiger partial charge in [0.1, 0.15) is 11.1 Å². The molecule has 2 aliphatic rings. The van der Waals surface area contributed by atoms with Gasteiger partial charge in [-0.25, -0.2) is 17.6 Å². The zero-order chi connectivity index (χ0) is 19.7. The Morgan fingerprint density at radius 1 is 1.37 bits per heavy atom. The summed E-state index contributed by atoms with van der Waals surface area (Å²) in [5, 5.41) is -1.13. The maximum atomic E-state index is 13.3. The summed E-state index contributed by atoms with van der Waals surface area (Å²) in [6.45, 7) is 4.10. The van der Waals surface area contributed by atoms with Crippen LogP contribution in [0.1, 0.15) is 25.3 Å². The van der Waals surface area contributed by atoms with E-state index in [1.54, 1.807) is 13.8 Å². The molecular formula is C18H22FNO6S. The van der Waals surface area contributed by atoms with Crippen LogP contribution in [0.25, 0.3) is 0 Å². The van der Waals surface area contributed by atoms with Crippen molar-refractivity contribution in [2.24, 2.45) is 0 Å². The summed E-state index contributed by atoms with van der Waals surface area (Å²) in [7, 11) is -3.98. The van der Waals surface area contributed by atoms with Gasteiger partial charge in [0.05, 0.1) is 31.1 Å². The Bertz CT molecular complexity index is 861. The quantitative estimate of drug-likeness (QED) is 0.764. The Hall–Kier alpha value is -1.97. The number of esters is 1. The number of halogens is 1. The molecule has 7 nitrogen and oxygen atoms in total. The zero-order valence-corrected chi connectivity index (χ0v) is 16.0. The number of ether oxygens (including phenoxy) is 3. The molecule has 1 spiro atoms. The predicted octanol–water partition coefficient (Wildman–Crippen LogP) is 2.27. The van der Waals surface area contributed by atoms with Crippen LogP contribution in [-0.2, 0) is 29.0 Å². The lowest BCUT2D eigenvalue weighted by Gasteiger charge is -2.33. The molecule has 0 saturated carbocycles. The van der Waals surface area contributed by atoms with Gasteiger partial charge in [-0.1, -0.05) is 0 Å². The average molecular weight is 399 g/mol. The third kappa shape index (κ3) is 4.15. The molecule has 0 radical (unpaired) electrons. The highest BCUT2D eigenvalue weighted by atomic mass is 32.2. The van der Waals surface area contributed by atoms with Gasteiger partial charge in [-0.05, 0) is 50.1 Å². The van der Waals surface area contributed by atoms with Gasteiger partial charge in [-0.3, -0.25) is 4.72 Å². The molecule has 1 atom stereocenters. The van der Waals surface area contributed by atoms with Crippen LogP contribution in [0, 0.1) is 12.7 Å². The summed E-state index contributed by atoms with van der Waals surface area (Å²) in [5.74, 6) is -2.26. The van der Waals surface area contributed by atoms with Crippen LogP contribution in [0.5, 0.6) is 0 Å². The fraction of sp³-hybridized carbons (Fsp3) is 0.500. The first-order valence-corrected chi connectivity index (χ1v) is 10.3. The van der Waals surface area contributed by atoms with Crippen molar-refractivity contribution in [3.63, 3.8) is 0 Å². The minimum Gasteiger partial charge on any atom is -0.463 e. The number of aryl methyl sites for hydroxylation is 1. The van der Waals surface area contributed by atoms with Crippen LogP contribution in [0.2, 0.25) is 0 Å². The van der Waals surface area contributed by atoms with Gasteiger partial charge in [0.2, 0.25) is 10.0 Å².